The summed E-state index contributed by atoms with van der Waals surface area (Å²) >= 11 is 0. The predicted molar refractivity (Wildman–Crippen MR) is 101 cm³/mol. The monoisotopic (exact) mass is 381 g/mol. The standard InChI is InChI=1S/C16H23N5O4S/c1-20(2)15-12(10-17-16(18-15)21(3)4)19-26(22,23)14-8-7-11(24-5)9-13(14)25-6/h7-10,19H,1-6H3. The number of nitrogens with zero attached hydrogens (tertiary/aromatic N) is 4. The lowest BCUT2D eigenvalue weighted by atomic mass is 10.3. The molecular weight excluding hydrogens is 358 g/mol. The minimum atomic E-state index is -3.92. The van der Waals surface area contributed by atoms with Gasteiger partial charge in [0.05, 0.1) is 20.4 Å². The first-order valence-corrected chi connectivity index (χ1v) is 9.14. The summed E-state index contributed by atoms with van der Waals surface area (Å²) in [5.74, 6) is 1.58. The van der Waals surface area contributed by atoms with Gasteiger partial charge in [0.15, 0.2) is 5.82 Å². The number of rotatable bonds is 7. The van der Waals surface area contributed by atoms with Crippen LogP contribution in [0.2, 0.25) is 0 Å². The third-order valence-electron chi connectivity index (χ3n) is 3.48. The lowest BCUT2D eigenvalue weighted by Crippen LogP contribution is -2.21. The zero-order valence-corrected chi connectivity index (χ0v) is 16.5. The summed E-state index contributed by atoms with van der Waals surface area (Å²) in [5.41, 5.74) is 0.262. The lowest BCUT2D eigenvalue weighted by molar-refractivity contribution is 0.386. The number of methoxy groups -OCH3 is 2. The molecule has 0 saturated heterocycles. The van der Waals surface area contributed by atoms with E-state index in [4.69, 9.17) is 9.47 Å². The van der Waals surface area contributed by atoms with E-state index in [9.17, 15) is 8.42 Å². The zero-order chi connectivity index (χ0) is 19.5. The SMILES string of the molecule is COc1ccc(S(=O)(=O)Nc2cnc(N(C)C)nc2N(C)C)c(OC)c1. The minimum Gasteiger partial charge on any atom is -0.497 e. The Kier molecular flexibility index (Phi) is 5.76. The number of hydrogen-bond donors (Lipinski definition) is 1. The molecule has 26 heavy (non-hydrogen) atoms. The first-order valence-electron chi connectivity index (χ1n) is 7.66. The first kappa shape index (κ1) is 19.6. The number of hydrogen-bond acceptors (Lipinski definition) is 8. The van der Waals surface area contributed by atoms with Crippen LogP contribution in [0.3, 0.4) is 0 Å². The Balaban J connectivity index is 2.47. The molecule has 0 saturated carbocycles. The second kappa shape index (κ2) is 7.65. The molecule has 0 atom stereocenters. The summed E-state index contributed by atoms with van der Waals surface area (Å²) in [5, 5.41) is 0. The third-order valence-corrected chi connectivity index (χ3v) is 4.89. The van der Waals surface area contributed by atoms with Crippen molar-refractivity contribution in [2.24, 2.45) is 0 Å². The number of aromatic nitrogens is 2. The van der Waals surface area contributed by atoms with Crippen LogP contribution in [0.5, 0.6) is 11.5 Å². The van der Waals surface area contributed by atoms with Crippen molar-refractivity contribution in [2.45, 2.75) is 4.90 Å². The summed E-state index contributed by atoms with van der Waals surface area (Å²) in [7, 11) is 6.13. The Hall–Kier alpha value is -2.75. The van der Waals surface area contributed by atoms with Crippen LogP contribution < -0.4 is 24.0 Å². The Morgan fingerprint density at radius 1 is 1.04 bits per heavy atom. The second-order valence-electron chi connectivity index (χ2n) is 5.82. The topological polar surface area (TPSA) is 96.9 Å². The normalized spacial score (nSPS) is 11.0. The van der Waals surface area contributed by atoms with Gasteiger partial charge in [0, 0.05) is 34.3 Å². The van der Waals surface area contributed by atoms with E-state index in [0.29, 0.717) is 17.5 Å². The number of benzene rings is 1. The lowest BCUT2D eigenvalue weighted by Gasteiger charge is -2.20. The molecule has 0 bridgehead atoms. The third kappa shape index (κ3) is 4.07. The van der Waals surface area contributed by atoms with Gasteiger partial charge in [0.1, 0.15) is 22.1 Å². The van der Waals surface area contributed by atoms with E-state index < -0.39 is 10.0 Å². The summed E-state index contributed by atoms with van der Waals surface area (Å²) < 4.78 is 38.5. The molecular formula is C16H23N5O4S. The van der Waals surface area contributed by atoms with Crippen LogP contribution in [-0.4, -0.2) is 60.8 Å². The molecule has 0 aliphatic carbocycles. The average Bonchev–Trinajstić information content (AvgIpc) is 2.60. The van der Waals surface area contributed by atoms with Crippen molar-refractivity contribution in [1.82, 2.24) is 9.97 Å². The smallest absolute Gasteiger partial charge is 0.265 e. The molecule has 0 aliphatic heterocycles. The maximum Gasteiger partial charge on any atom is 0.265 e. The summed E-state index contributed by atoms with van der Waals surface area (Å²) in [4.78, 5) is 12.0. The molecule has 142 valence electrons. The summed E-state index contributed by atoms with van der Waals surface area (Å²) in [6.07, 6.45) is 1.44. The molecule has 9 nitrogen and oxygen atoms in total. The van der Waals surface area contributed by atoms with Crippen LogP contribution in [0.4, 0.5) is 17.5 Å². The van der Waals surface area contributed by atoms with Gasteiger partial charge in [0.25, 0.3) is 10.0 Å². The largest absolute Gasteiger partial charge is 0.497 e. The van der Waals surface area contributed by atoms with E-state index in [-0.39, 0.29) is 16.3 Å². The van der Waals surface area contributed by atoms with Crippen LogP contribution >= 0.6 is 0 Å². The van der Waals surface area contributed by atoms with Crippen molar-refractivity contribution in [2.75, 3.05) is 56.9 Å². The fourth-order valence-corrected chi connectivity index (χ4v) is 3.39. The van der Waals surface area contributed by atoms with E-state index in [2.05, 4.69) is 14.7 Å². The highest BCUT2D eigenvalue weighted by molar-refractivity contribution is 7.92. The molecule has 2 rings (SSSR count). The van der Waals surface area contributed by atoms with Crippen molar-refractivity contribution >= 4 is 27.5 Å². The van der Waals surface area contributed by atoms with Gasteiger partial charge in [-0.05, 0) is 12.1 Å². The Morgan fingerprint density at radius 2 is 1.73 bits per heavy atom. The molecule has 0 aliphatic rings. The molecule has 1 aromatic carbocycles. The summed E-state index contributed by atoms with van der Waals surface area (Å²) in [6.45, 7) is 0. The molecule has 0 unspecified atom stereocenters. The van der Waals surface area contributed by atoms with Crippen molar-refractivity contribution in [1.29, 1.82) is 0 Å². The van der Waals surface area contributed by atoms with Gasteiger partial charge in [-0.25, -0.2) is 13.4 Å². The highest BCUT2D eigenvalue weighted by atomic mass is 32.2. The number of sulfonamides is 1. The highest BCUT2D eigenvalue weighted by Crippen LogP contribution is 2.31. The van der Waals surface area contributed by atoms with Crippen molar-refractivity contribution in [3.8, 4) is 11.5 Å². The molecule has 10 heteroatoms. The average molecular weight is 381 g/mol. The van der Waals surface area contributed by atoms with Crippen LogP contribution in [0, 0.1) is 0 Å². The minimum absolute atomic E-state index is 0.0119. The molecule has 1 N–H and O–H groups in total. The fourth-order valence-electron chi connectivity index (χ4n) is 2.19. The summed E-state index contributed by atoms with van der Waals surface area (Å²) in [6, 6.07) is 4.48. The molecule has 1 heterocycles. The van der Waals surface area contributed by atoms with Gasteiger partial charge in [-0.2, -0.15) is 4.98 Å². The Morgan fingerprint density at radius 3 is 2.27 bits per heavy atom. The predicted octanol–water partition coefficient (Wildman–Crippen LogP) is 1.43. The van der Waals surface area contributed by atoms with Crippen LogP contribution in [0.25, 0.3) is 0 Å². The first-order chi connectivity index (χ1) is 12.2. The maximum absolute atomic E-state index is 12.9. The number of nitrogens with one attached hydrogen (secondary N) is 1. The van der Waals surface area contributed by atoms with Crippen LogP contribution in [0.15, 0.2) is 29.3 Å². The van der Waals surface area contributed by atoms with Gasteiger partial charge in [-0.15, -0.1) is 0 Å². The van der Waals surface area contributed by atoms with Crippen LogP contribution in [-0.2, 0) is 10.0 Å². The molecule has 0 amide bonds. The van der Waals surface area contributed by atoms with Crippen molar-refractivity contribution in [3.63, 3.8) is 0 Å². The Bertz CT molecular complexity index is 884. The fraction of sp³-hybridized carbons (Fsp3) is 0.375. The van der Waals surface area contributed by atoms with E-state index in [1.165, 1.54) is 32.5 Å². The molecule has 1 aromatic heterocycles. The van der Waals surface area contributed by atoms with Gasteiger partial charge in [-0.3, -0.25) is 4.72 Å². The molecule has 0 radical (unpaired) electrons. The number of ether oxygens (including phenoxy) is 2. The van der Waals surface area contributed by atoms with Crippen molar-refractivity contribution in [3.05, 3.63) is 24.4 Å². The zero-order valence-electron chi connectivity index (χ0n) is 15.6. The second-order valence-corrected chi connectivity index (χ2v) is 7.47. The molecule has 2 aromatic rings. The quantitative estimate of drug-likeness (QED) is 0.769. The van der Waals surface area contributed by atoms with E-state index in [0.717, 1.165) is 0 Å². The number of anilines is 3. The Labute approximate surface area is 153 Å². The van der Waals surface area contributed by atoms with Gasteiger partial charge >= 0.3 is 0 Å². The highest BCUT2D eigenvalue weighted by Gasteiger charge is 2.23. The van der Waals surface area contributed by atoms with Gasteiger partial charge < -0.3 is 19.3 Å². The molecule has 0 spiro atoms. The van der Waals surface area contributed by atoms with Crippen molar-refractivity contribution < 1.29 is 17.9 Å². The molecule has 0 fully saturated rings. The van der Waals surface area contributed by atoms with Gasteiger partial charge in [0.2, 0.25) is 5.95 Å². The van der Waals surface area contributed by atoms with E-state index in [1.807, 2.05) is 0 Å². The maximum atomic E-state index is 12.9. The van der Waals surface area contributed by atoms with Crippen LogP contribution in [0.1, 0.15) is 0 Å². The van der Waals surface area contributed by atoms with E-state index in [1.54, 1.807) is 44.1 Å². The van der Waals surface area contributed by atoms with E-state index >= 15 is 0 Å². The van der Waals surface area contributed by atoms with Gasteiger partial charge in [-0.1, -0.05) is 0 Å².